The molecule has 2 heterocycles. The number of fused-ring (bicyclic) bond motifs is 1. The fraction of sp³-hybridized carbons (Fsp3) is 0.364. The molecule has 1 N–H and O–H groups in total. The van der Waals surface area contributed by atoms with Crippen LogP contribution in [-0.4, -0.2) is 39.7 Å². The van der Waals surface area contributed by atoms with Gasteiger partial charge in [-0.25, -0.2) is 9.97 Å². The summed E-state index contributed by atoms with van der Waals surface area (Å²) in [5.74, 6) is -0.142. The molecular formula is C22H23N5O2. The monoisotopic (exact) mass is 389 g/mol. The van der Waals surface area contributed by atoms with Crippen LogP contribution >= 0.6 is 0 Å². The molecule has 1 saturated carbocycles. The van der Waals surface area contributed by atoms with Crippen molar-refractivity contribution in [1.29, 1.82) is 5.26 Å². The van der Waals surface area contributed by atoms with Crippen molar-refractivity contribution in [3.63, 3.8) is 0 Å². The Hall–Kier alpha value is -3.24. The van der Waals surface area contributed by atoms with Crippen molar-refractivity contribution in [3.8, 4) is 17.5 Å². The maximum atomic E-state index is 13.2. The first-order valence-electron chi connectivity index (χ1n) is 9.75. The molecule has 1 aliphatic carbocycles. The van der Waals surface area contributed by atoms with Gasteiger partial charge in [0.2, 0.25) is 0 Å². The van der Waals surface area contributed by atoms with Crippen LogP contribution in [0, 0.1) is 11.3 Å². The summed E-state index contributed by atoms with van der Waals surface area (Å²) < 4.78 is 7.26. The Balaban J connectivity index is 1.74. The smallest absolute Gasteiger partial charge is 0.252 e. The lowest BCUT2D eigenvalue weighted by Gasteiger charge is -2.28. The molecule has 2 aromatic heterocycles. The van der Waals surface area contributed by atoms with Gasteiger partial charge in [0.15, 0.2) is 0 Å². The minimum Gasteiger partial charge on any atom is -0.381 e. The van der Waals surface area contributed by atoms with E-state index in [0.29, 0.717) is 27.7 Å². The van der Waals surface area contributed by atoms with E-state index in [1.807, 2.05) is 17.7 Å². The average molecular weight is 389 g/mol. The SMILES string of the molecule is COC1CCC(NC(=O)c2cc(-c3cncn3C)nc3c(C#N)cccc23)CC1. The van der Waals surface area contributed by atoms with E-state index in [2.05, 4.69) is 21.4 Å². The van der Waals surface area contributed by atoms with E-state index in [9.17, 15) is 10.1 Å². The van der Waals surface area contributed by atoms with Crippen molar-refractivity contribution in [2.75, 3.05) is 7.11 Å². The normalized spacial score (nSPS) is 19.1. The third-order valence-electron chi connectivity index (χ3n) is 5.63. The number of rotatable bonds is 4. The van der Waals surface area contributed by atoms with Gasteiger partial charge in [0, 0.05) is 25.6 Å². The molecule has 4 rings (SSSR count). The topological polar surface area (TPSA) is 92.8 Å². The fourth-order valence-electron chi connectivity index (χ4n) is 3.97. The van der Waals surface area contributed by atoms with Crippen LogP contribution in [0.5, 0.6) is 0 Å². The Morgan fingerprint density at radius 2 is 2.10 bits per heavy atom. The number of nitrogens with zero attached hydrogens (tertiary/aromatic N) is 4. The first-order valence-corrected chi connectivity index (χ1v) is 9.75. The van der Waals surface area contributed by atoms with E-state index < -0.39 is 0 Å². The number of carbonyl (C=O) groups is 1. The van der Waals surface area contributed by atoms with Crippen LogP contribution in [0.15, 0.2) is 36.8 Å². The summed E-state index contributed by atoms with van der Waals surface area (Å²) in [6.45, 7) is 0. The number of imidazole rings is 1. The van der Waals surface area contributed by atoms with E-state index in [-0.39, 0.29) is 18.1 Å². The van der Waals surface area contributed by atoms with E-state index >= 15 is 0 Å². The first kappa shape index (κ1) is 19.1. The number of benzene rings is 1. The Morgan fingerprint density at radius 1 is 1.31 bits per heavy atom. The Kier molecular flexibility index (Phi) is 5.28. The van der Waals surface area contributed by atoms with Crippen LogP contribution in [0.2, 0.25) is 0 Å². The van der Waals surface area contributed by atoms with Crippen molar-refractivity contribution in [3.05, 3.63) is 47.9 Å². The number of methoxy groups -OCH3 is 1. The molecule has 1 aliphatic rings. The maximum absolute atomic E-state index is 13.2. The van der Waals surface area contributed by atoms with Gasteiger partial charge in [-0.15, -0.1) is 0 Å². The first-order chi connectivity index (χ1) is 14.1. The molecule has 3 aromatic rings. The van der Waals surface area contributed by atoms with Crippen molar-refractivity contribution in [1.82, 2.24) is 19.9 Å². The predicted octanol–water partition coefficient (Wildman–Crippen LogP) is 3.19. The van der Waals surface area contributed by atoms with Gasteiger partial charge in [0.05, 0.1) is 46.7 Å². The fourth-order valence-corrected chi connectivity index (χ4v) is 3.97. The molecule has 0 bridgehead atoms. The van der Waals surface area contributed by atoms with Crippen molar-refractivity contribution in [2.24, 2.45) is 7.05 Å². The van der Waals surface area contributed by atoms with Crippen LogP contribution in [0.25, 0.3) is 22.3 Å². The number of hydrogen-bond acceptors (Lipinski definition) is 5. The van der Waals surface area contributed by atoms with E-state index in [1.54, 1.807) is 37.8 Å². The highest BCUT2D eigenvalue weighted by Crippen LogP contribution is 2.27. The predicted molar refractivity (Wildman–Crippen MR) is 109 cm³/mol. The van der Waals surface area contributed by atoms with Crippen LogP contribution < -0.4 is 5.32 Å². The van der Waals surface area contributed by atoms with Gasteiger partial charge in [-0.1, -0.05) is 12.1 Å². The zero-order chi connectivity index (χ0) is 20.4. The molecule has 0 unspecified atom stereocenters. The molecule has 1 aromatic carbocycles. The average Bonchev–Trinajstić information content (AvgIpc) is 3.18. The number of nitriles is 1. The number of aryl methyl sites for hydroxylation is 1. The number of carbonyl (C=O) groups excluding carboxylic acids is 1. The van der Waals surface area contributed by atoms with Crippen LogP contribution in [-0.2, 0) is 11.8 Å². The van der Waals surface area contributed by atoms with Gasteiger partial charge in [-0.3, -0.25) is 4.79 Å². The third kappa shape index (κ3) is 3.71. The highest BCUT2D eigenvalue weighted by atomic mass is 16.5. The third-order valence-corrected chi connectivity index (χ3v) is 5.63. The van der Waals surface area contributed by atoms with Gasteiger partial charge < -0.3 is 14.6 Å². The molecule has 1 amide bonds. The standard InChI is InChI=1S/C22H23N5O2/c1-27-13-24-12-20(27)19-10-18(17-5-3-4-14(11-23)21(17)26-19)22(28)25-15-6-8-16(29-2)9-7-15/h3-5,10,12-13,15-16H,6-9H2,1-2H3,(H,25,28). The van der Waals surface area contributed by atoms with Gasteiger partial charge in [-0.05, 0) is 37.8 Å². The number of pyridine rings is 1. The molecule has 29 heavy (non-hydrogen) atoms. The second-order valence-electron chi connectivity index (χ2n) is 7.44. The van der Waals surface area contributed by atoms with E-state index in [4.69, 9.17) is 4.74 Å². The minimum atomic E-state index is -0.142. The zero-order valence-electron chi connectivity index (χ0n) is 16.6. The molecule has 0 saturated heterocycles. The molecule has 0 radical (unpaired) electrons. The van der Waals surface area contributed by atoms with Crippen molar-refractivity contribution in [2.45, 2.75) is 37.8 Å². The number of nitrogens with one attached hydrogen (secondary N) is 1. The second kappa shape index (κ2) is 8.02. The lowest BCUT2D eigenvalue weighted by atomic mass is 9.92. The highest BCUT2D eigenvalue weighted by molar-refractivity contribution is 6.08. The van der Waals surface area contributed by atoms with Gasteiger partial charge in [0.1, 0.15) is 6.07 Å². The molecule has 148 valence electrons. The van der Waals surface area contributed by atoms with Gasteiger partial charge in [0.25, 0.3) is 5.91 Å². The van der Waals surface area contributed by atoms with Gasteiger partial charge >= 0.3 is 0 Å². The molecule has 0 spiro atoms. The summed E-state index contributed by atoms with van der Waals surface area (Å²) >= 11 is 0. The molecule has 0 aliphatic heterocycles. The number of para-hydroxylation sites is 1. The molecule has 7 nitrogen and oxygen atoms in total. The zero-order valence-corrected chi connectivity index (χ0v) is 16.6. The summed E-state index contributed by atoms with van der Waals surface area (Å²) in [6.07, 6.45) is 7.34. The summed E-state index contributed by atoms with van der Waals surface area (Å²) in [6, 6.07) is 9.44. The summed E-state index contributed by atoms with van der Waals surface area (Å²) in [7, 11) is 3.61. The van der Waals surface area contributed by atoms with E-state index in [1.165, 1.54) is 0 Å². The largest absolute Gasteiger partial charge is 0.381 e. The molecule has 0 atom stereocenters. The summed E-state index contributed by atoms with van der Waals surface area (Å²) in [5.41, 5.74) is 2.91. The van der Waals surface area contributed by atoms with Crippen molar-refractivity contribution >= 4 is 16.8 Å². The quantitative estimate of drug-likeness (QED) is 0.740. The summed E-state index contributed by atoms with van der Waals surface area (Å²) in [5, 5.41) is 13.4. The van der Waals surface area contributed by atoms with Crippen LogP contribution in [0.1, 0.15) is 41.6 Å². The minimum absolute atomic E-state index is 0.122. The lowest BCUT2D eigenvalue weighted by molar-refractivity contribution is 0.0599. The number of ether oxygens (including phenoxy) is 1. The second-order valence-corrected chi connectivity index (χ2v) is 7.44. The molecule has 7 heteroatoms. The highest BCUT2D eigenvalue weighted by Gasteiger charge is 2.24. The maximum Gasteiger partial charge on any atom is 0.252 e. The lowest BCUT2D eigenvalue weighted by Crippen LogP contribution is -2.39. The summed E-state index contributed by atoms with van der Waals surface area (Å²) in [4.78, 5) is 22.0. The van der Waals surface area contributed by atoms with Gasteiger partial charge in [-0.2, -0.15) is 5.26 Å². The Morgan fingerprint density at radius 3 is 2.76 bits per heavy atom. The van der Waals surface area contributed by atoms with Crippen molar-refractivity contribution < 1.29 is 9.53 Å². The van der Waals surface area contributed by atoms with Crippen LogP contribution in [0.4, 0.5) is 0 Å². The number of amides is 1. The molecule has 1 fully saturated rings. The number of aromatic nitrogens is 3. The Labute approximate surface area is 169 Å². The Bertz CT molecular complexity index is 1090. The van der Waals surface area contributed by atoms with E-state index in [0.717, 1.165) is 31.4 Å². The van der Waals surface area contributed by atoms with Crippen LogP contribution in [0.3, 0.4) is 0 Å². The molecular weight excluding hydrogens is 366 g/mol. The number of hydrogen-bond donors (Lipinski definition) is 1.